The number of benzene rings is 1. The van der Waals surface area contributed by atoms with Crippen LogP contribution in [-0.2, 0) is 7.05 Å². The van der Waals surface area contributed by atoms with Gasteiger partial charge in [0.05, 0.1) is 5.69 Å². The monoisotopic (exact) mass is 269 g/mol. The molecule has 0 unspecified atom stereocenters. The van der Waals surface area contributed by atoms with Gasteiger partial charge in [-0.1, -0.05) is 29.8 Å². The fourth-order valence-electron chi connectivity index (χ4n) is 3.29. The highest BCUT2D eigenvalue weighted by Gasteiger charge is 2.23. The van der Waals surface area contributed by atoms with Crippen LogP contribution in [-0.4, -0.2) is 22.9 Å². The molecule has 0 amide bonds. The first-order chi connectivity index (χ1) is 9.66. The van der Waals surface area contributed by atoms with Gasteiger partial charge in [0.2, 0.25) is 0 Å². The van der Waals surface area contributed by atoms with Crippen LogP contribution in [0.2, 0.25) is 0 Å². The van der Waals surface area contributed by atoms with Gasteiger partial charge in [-0.05, 0) is 45.3 Å². The highest BCUT2D eigenvalue weighted by molar-refractivity contribution is 5.64. The number of hydrogen-bond acceptors (Lipinski definition) is 2. The number of aromatic nitrogens is 2. The van der Waals surface area contributed by atoms with E-state index in [1.54, 1.807) is 0 Å². The maximum Gasteiger partial charge on any atom is 0.0955 e. The summed E-state index contributed by atoms with van der Waals surface area (Å²) in [6.45, 7) is 6.58. The minimum atomic E-state index is 0.646. The SMILES string of the molecule is Cc1ccc(-c2nn(C)c(C3CCNCC3)c2C)cc1. The summed E-state index contributed by atoms with van der Waals surface area (Å²) in [5.74, 6) is 0.646. The first-order valence-electron chi connectivity index (χ1n) is 7.48. The fourth-order valence-corrected chi connectivity index (χ4v) is 3.29. The van der Waals surface area contributed by atoms with E-state index >= 15 is 0 Å². The van der Waals surface area contributed by atoms with Crippen LogP contribution in [0.15, 0.2) is 24.3 Å². The molecule has 2 heterocycles. The lowest BCUT2D eigenvalue weighted by Gasteiger charge is -2.23. The normalized spacial score (nSPS) is 16.6. The Morgan fingerprint density at radius 2 is 1.75 bits per heavy atom. The molecule has 0 spiro atoms. The highest BCUT2D eigenvalue weighted by atomic mass is 15.3. The van der Waals surface area contributed by atoms with E-state index in [9.17, 15) is 0 Å². The van der Waals surface area contributed by atoms with Gasteiger partial charge >= 0.3 is 0 Å². The molecule has 3 rings (SSSR count). The number of nitrogens with zero attached hydrogens (tertiary/aromatic N) is 2. The molecule has 0 atom stereocenters. The van der Waals surface area contributed by atoms with Crippen molar-refractivity contribution in [3.8, 4) is 11.3 Å². The van der Waals surface area contributed by atoms with E-state index in [-0.39, 0.29) is 0 Å². The van der Waals surface area contributed by atoms with Gasteiger partial charge < -0.3 is 5.32 Å². The Balaban J connectivity index is 1.99. The van der Waals surface area contributed by atoms with Gasteiger partial charge in [0, 0.05) is 24.2 Å². The number of nitrogens with one attached hydrogen (secondary N) is 1. The smallest absolute Gasteiger partial charge is 0.0955 e. The molecule has 20 heavy (non-hydrogen) atoms. The number of rotatable bonds is 2. The summed E-state index contributed by atoms with van der Waals surface area (Å²) in [5, 5.41) is 8.22. The van der Waals surface area contributed by atoms with E-state index in [0.717, 1.165) is 18.8 Å². The van der Waals surface area contributed by atoms with Crippen LogP contribution in [0.3, 0.4) is 0 Å². The zero-order valence-corrected chi connectivity index (χ0v) is 12.6. The zero-order chi connectivity index (χ0) is 14.1. The Kier molecular flexibility index (Phi) is 3.62. The number of piperidine rings is 1. The molecule has 0 saturated carbocycles. The lowest BCUT2D eigenvalue weighted by molar-refractivity contribution is 0.438. The van der Waals surface area contributed by atoms with Crippen molar-refractivity contribution in [2.75, 3.05) is 13.1 Å². The van der Waals surface area contributed by atoms with Crippen molar-refractivity contribution in [3.63, 3.8) is 0 Å². The van der Waals surface area contributed by atoms with Crippen molar-refractivity contribution in [2.24, 2.45) is 7.05 Å². The summed E-state index contributed by atoms with van der Waals surface area (Å²) >= 11 is 0. The van der Waals surface area contributed by atoms with Gasteiger partial charge in [-0.15, -0.1) is 0 Å². The minimum Gasteiger partial charge on any atom is -0.317 e. The van der Waals surface area contributed by atoms with E-state index in [1.807, 2.05) is 0 Å². The average molecular weight is 269 g/mol. The van der Waals surface area contributed by atoms with Crippen molar-refractivity contribution in [3.05, 3.63) is 41.1 Å². The van der Waals surface area contributed by atoms with Crippen molar-refractivity contribution in [2.45, 2.75) is 32.6 Å². The molecule has 0 aliphatic carbocycles. The molecule has 106 valence electrons. The second-order valence-corrected chi connectivity index (χ2v) is 5.87. The van der Waals surface area contributed by atoms with E-state index in [4.69, 9.17) is 5.10 Å². The number of hydrogen-bond donors (Lipinski definition) is 1. The topological polar surface area (TPSA) is 29.9 Å². The Bertz CT molecular complexity index is 589. The van der Waals surface area contributed by atoms with Crippen LogP contribution >= 0.6 is 0 Å². The third-order valence-corrected chi connectivity index (χ3v) is 4.39. The van der Waals surface area contributed by atoms with E-state index in [2.05, 4.69) is 55.2 Å². The molecule has 1 aromatic carbocycles. The Hall–Kier alpha value is -1.61. The molecule has 1 fully saturated rings. The van der Waals surface area contributed by atoms with Crippen molar-refractivity contribution in [1.82, 2.24) is 15.1 Å². The Labute approximate surface area is 121 Å². The van der Waals surface area contributed by atoms with Crippen molar-refractivity contribution < 1.29 is 0 Å². The molecule has 2 aromatic rings. The molecule has 1 aliphatic heterocycles. The predicted octanol–water partition coefficient (Wildman–Crippen LogP) is 3.17. The fraction of sp³-hybridized carbons (Fsp3) is 0.471. The van der Waals surface area contributed by atoms with Crippen molar-refractivity contribution in [1.29, 1.82) is 0 Å². The molecule has 3 heteroatoms. The second-order valence-electron chi connectivity index (χ2n) is 5.87. The maximum atomic E-state index is 4.78. The third-order valence-electron chi connectivity index (χ3n) is 4.39. The van der Waals surface area contributed by atoms with E-state index in [1.165, 1.54) is 35.2 Å². The maximum absolute atomic E-state index is 4.78. The predicted molar refractivity (Wildman–Crippen MR) is 83.0 cm³/mol. The third kappa shape index (κ3) is 2.38. The highest BCUT2D eigenvalue weighted by Crippen LogP contribution is 2.33. The molecule has 1 aromatic heterocycles. The minimum absolute atomic E-state index is 0.646. The van der Waals surface area contributed by atoms with E-state index in [0.29, 0.717) is 5.92 Å². The van der Waals surface area contributed by atoms with Gasteiger partial charge in [-0.2, -0.15) is 5.10 Å². The lowest BCUT2D eigenvalue weighted by atomic mass is 9.91. The Morgan fingerprint density at radius 3 is 2.40 bits per heavy atom. The lowest BCUT2D eigenvalue weighted by Crippen LogP contribution is -2.27. The van der Waals surface area contributed by atoms with Crippen LogP contribution in [0.25, 0.3) is 11.3 Å². The van der Waals surface area contributed by atoms with Crippen LogP contribution in [0.4, 0.5) is 0 Å². The first kappa shape index (κ1) is 13.4. The first-order valence-corrected chi connectivity index (χ1v) is 7.48. The molecule has 1 N–H and O–H groups in total. The van der Waals surface area contributed by atoms with E-state index < -0.39 is 0 Å². The van der Waals surface area contributed by atoms with Crippen LogP contribution in [0.5, 0.6) is 0 Å². The standard InChI is InChI=1S/C17H23N3/c1-12-4-6-14(7-5-12)16-13(2)17(20(3)19-16)15-8-10-18-11-9-15/h4-7,15,18H,8-11H2,1-3H3. The molecule has 1 saturated heterocycles. The molecule has 0 radical (unpaired) electrons. The van der Waals surface area contributed by atoms with Crippen LogP contribution in [0.1, 0.15) is 35.6 Å². The second kappa shape index (κ2) is 5.41. The van der Waals surface area contributed by atoms with Gasteiger partial charge in [0.15, 0.2) is 0 Å². The van der Waals surface area contributed by atoms with Crippen LogP contribution in [0, 0.1) is 13.8 Å². The number of aryl methyl sites for hydroxylation is 2. The summed E-state index contributed by atoms with van der Waals surface area (Å²) in [6, 6.07) is 8.68. The van der Waals surface area contributed by atoms with Crippen LogP contribution < -0.4 is 5.32 Å². The quantitative estimate of drug-likeness (QED) is 0.907. The molecule has 0 bridgehead atoms. The van der Waals surface area contributed by atoms with Crippen molar-refractivity contribution >= 4 is 0 Å². The zero-order valence-electron chi connectivity index (χ0n) is 12.6. The summed E-state index contributed by atoms with van der Waals surface area (Å²) in [5.41, 5.74) is 6.43. The van der Waals surface area contributed by atoms with Gasteiger partial charge in [-0.3, -0.25) is 4.68 Å². The van der Waals surface area contributed by atoms with Gasteiger partial charge in [-0.25, -0.2) is 0 Å². The Morgan fingerprint density at radius 1 is 1.10 bits per heavy atom. The largest absolute Gasteiger partial charge is 0.317 e. The summed E-state index contributed by atoms with van der Waals surface area (Å²) in [4.78, 5) is 0. The molecular weight excluding hydrogens is 246 g/mol. The summed E-state index contributed by atoms with van der Waals surface area (Å²) in [7, 11) is 2.09. The van der Waals surface area contributed by atoms with Gasteiger partial charge in [0.25, 0.3) is 0 Å². The average Bonchev–Trinajstić information content (AvgIpc) is 2.76. The van der Waals surface area contributed by atoms with Gasteiger partial charge in [0.1, 0.15) is 0 Å². The summed E-state index contributed by atoms with van der Waals surface area (Å²) < 4.78 is 2.10. The molecular formula is C17H23N3. The molecule has 3 nitrogen and oxygen atoms in total. The molecule has 1 aliphatic rings. The summed E-state index contributed by atoms with van der Waals surface area (Å²) in [6.07, 6.45) is 2.43.